The van der Waals surface area contributed by atoms with Crippen LogP contribution in [-0.4, -0.2) is 33.1 Å². The Kier molecular flexibility index (Phi) is 6.08. The van der Waals surface area contributed by atoms with Crippen LogP contribution in [0.4, 0.5) is 0 Å². The monoisotopic (exact) mass is 364 g/mol. The van der Waals surface area contributed by atoms with Crippen molar-refractivity contribution in [3.05, 3.63) is 52.5 Å². The molecule has 0 saturated carbocycles. The molecule has 2 aromatic carbocycles. The minimum absolute atomic E-state index is 0.0480. The van der Waals surface area contributed by atoms with Crippen LogP contribution in [0.25, 0.3) is 0 Å². The van der Waals surface area contributed by atoms with Gasteiger partial charge in [0.05, 0.1) is 32.5 Å². The Hall–Kier alpha value is -2.93. The van der Waals surface area contributed by atoms with Crippen molar-refractivity contribution < 1.29 is 23.8 Å². The number of ether oxygens (including phenoxy) is 3. The van der Waals surface area contributed by atoms with E-state index in [2.05, 4.69) is 5.16 Å². The van der Waals surface area contributed by atoms with E-state index in [9.17, 15) is 4.79 Å². The summed E-state index contributed by atoms with van der Waals surface area (Å²) in [5, 5.41) is 4.10. The first-order chi connectivity index (χ1) is 12.0. The Bertz CT molecular complexity index is 808. The van der Waals surface area contributed by atoms with Crippen molar-refractivity contribution >= 4 is 23.4 Å². The van der Waals surface area contributed by atoms with Crippen molar-refractivity contribution in [1.29, 1.82) is 0 Å². The number of oxime groups is 1. The summed E-state index contributed by atoms with van der Waals surface area (Å²) in [5.74, 6) is 0.585. The normalized spacial score (nSPS) is 11.0. The Balaban J connectivity index is 2.21. The third-order valence-corrected chi connectivity index (χ3v) is 3.52. The lowest BCUT2D eigenvalue weighted by Gasteiger charge is -2.09. The molecule has 0 aliphatic heterocycles. The summed E-state index contributed by atoms with van der Waals surface area (Å²) in [5.41, 5.74) is 6.50. The average Bonchev–Trinajstić information content (AvgIpc) is 2.65. The largest absolute Gasteiger partial charge is 0.496 e. The highest BCUT2D eigenvalue weighted by atomic mass is 35.5. The first-order valence-electron chi connectivity index (χ1n) is 7.11. The third kappa shape index (κ3) is 4.33. The van der Waals surface area contributed by atoms with E-state index in [1.807, 2.05) is 0 Å². The second-order valence-corrected chi connectivity index (χ2v) is 5.21. The van der Waals surface area contributed by atoms with Crippen LogP contribution in [0.5, 0.6) is 17.2 Å². The van der Waals surface area contributed by atoms with E-state index in [1.165, 1.54) is 33.5 Å². The van der Waals surface area contributed by atoms with Crippen LogP contribution in [0.15, 0.2) is 41.6 Å². The van der Waals surface area contributed by atoms with Gasteiger partial charge >= 0.3 is 5.97 Å². The van der Waals surface area contributed by atoms with Crippen molar-refractivity contribution in [1.82, 2.24) is 0 Å². The molecule has 0 bridgehead atoms. The number of carbonyl (C=O) groups is 1. The molecule has 8 heteroatoms. The maximum atomic E-state index is 12.1. The van der Waals surface area contributed by atoms with Gasteiger partial charge in [0.25, 0.3) is 0 Å². The van der Waals surface area contributed by atoms with Gasteiger partial charge in [-0.15, -0.1) is 0 Å². The molecular weight excluding hydrogens is 348 g/mol. The quantitative estimate of drug-likeness (QED) is 0.367. The maximum Gasteiger partial charge on any atom is 0.365 e. The van der Waals surface area contributed by atoms with Gasteiger partial charge in [0.15, 0.2) is 17.3 Å². The Morgan fingerprint density at radius 1 is 0.960 bits per heavy atom. The lowest BCUT2D eigenvalue weighted by Crippen LogP contribution is -2.16. The van der Waals surface area contributed by atoms with Gasteiger partial charge in [-0.05, 0) is 36.4 Å². The van der Waals surface area contributed by atoms with Crippen molar-refractivity contribution in [3.63, 3.8) is 0 Å². The van der Waals surface area contributed by atoms with E-state index in [0.717, 1.165) is 0 Å². The fraction of sp³-hybridized carbons (Fsp3) is 0.176. The first kappa shape index (κ1) is 18.4. The number of rotatable bonds is 6. The number of carbonyl (C=O) groups excluding carboxylic acids is 1. The topological polar surface area (TPSA) is 92.4 Å². The predicted molar refractivity (Wildman–Crippen MR) is 93.7 cm³/mol. The number of benzene rings is 2. The van der Waals surface area contributed by atoms with Crippen molar-refractivity contribution in [2.45, 2.75) is 0 Å². The molecule has 0 aliphatic rings. The molecular formula is C17H17ClN2O5. The van der Waals surface area contributed by atoms with Gasteiger partial charge in [-0.25, -0.2) is 4.79 Å². The summed E-state index contributed by atoms with van der Waals surface area (Å²) in [4.78, 5) is 17.0. The number of hydrogen-bond acceptors (Lipinski definition) is 6. The highest BCUT2D eigenvalue weighted by Gasteiger charge is 2.14. The van der Waals surface area contributed by atoms with Crippen LogP contribution in [-0.2, 0) is 4.84 Å². The molecule has 0 atom stereocenters. The van der Waals surface area contributed by atoms with E-state index < -0.39 is 5.97 Å². The van der Waals surface area contributed by atoms with E-state index in [4.69, 9.17) is 36.4 Å². The SMILES string of the molecule is COc1ccc(C(=O)O/N=C(\N)c2cc(Cl)ccc2OC)cc1OC. The zero-order chi connectivity index (χ0) is 18.4. The van der Waals surface area contributed by atoms with Crippen LogP contribution in [0, 0.1) is 0 Å². The summed E-state index contributed by atoms with van der Waals surface area (Å²) in [7, 11) is 4.45. The van der Waals surface area contributed by atoms with E-state index >= 15 is 0 Å². The van der Waals surface area contributed by atoms with Gasteiger partial charge in [0, 0.05) is 5.02 Å². The van der Waals surface area contributed by atoms with Gasteiger partial charge in [0.1, 0.15) is 5.75 Å². The molecule has 0 aliphatic carbocycles. The summed E-state index contributed by atoms with van der Waals surface area (Å²) in [6.07, 6.45) is 0. The van der Waals surface area contributed by atoms with Gasteiger partial charge in [-0.2, -0.15) is 0 Å². The summed E-state index contributed by atoms with van der Waals surface area (Å²) >= 11 is 5.94. The molecule has 0 fully saturated rings. The maximum absolute atomic E-state index is 12.1. The minimum atomic E-state index is -0.704. The molecule has 0 aromatic heterocycles. The number of hydrogen-bond donors (Lipinski definition) is 1. The van der Waals surface area contributed by atoms with E-state index in [-0.39, 0.29) is 11.4 Å². The number of amidine groups is 1. The van der Waals surface area contributed by atoms with Gasteiger partial charge < -0.3 is 24.8 Å². The van der Waals surface area contributed by atoms with Crippen LogP contribution in [0.1, 0.15) is 15.9 Å². The van der Waals surface area contributed by atoms with Crippen LogP contribution < -0.4 is 19.9 Å². The first-order valence-corrected chi connectivity index (χ1v) is 7.48. The molecule has 132 valence electrons. The molecule has 0 radical (unpaired) electrons. The molecule has 25 heavy (non-hydrogen) atoms. The van der Waals surface area contributed by atoms with E-state index in [1.54, 1.807) is 24.3 Å². The number of nitrogens with zero attached hydrogens (tertiary/aromatic N) is 1. The lowest BCUT2D eigenvalue weighted by atomic mass is 10.2. The molecule has 0 unspecified atom stereocenters. The van der Waals surface area contributed by atoms with Gasteiger partial charge in [-0.1, -0.05) is 16.8 Å². The summed E-state index contributed by atoms with van der Waals surface area (Å²) in [6.45, 7) is 0. The number of nitrogens with two attached hydrogens (primary N) is 1. The fourth-order valence-corrected chi connectivity index (χ4v) is 2.21. The van der Waals surface area contributed by atoms with Crippen molar-refractivity contribution in [2.75, 3.05) is 21.3 Å². The van der Waals surface area contributed by atoms with Crippen LogP contribution in [0.2, 0.25) is 5.02 Å². The fourth-order valence-electron chi connectivity index (χ4n) is 2.04. The molecule has 7 nitrogen and oxygen atoms in total. The third-order valence-electron chi connectivity index (χ3n) is 3.28. The zero-order valence-electron chi connectivity index (χ0n) is 13.9. The standard InChI is InChI=1S/C17H17ClN2O5/c1-22-13-7-5-11(18)9-12(13)16(19)20-25-17(21)10-4-6-14(23-2)15(8-10)24-3/h4-9H,1-3H3,(H2,19,20). The van der Waals surface area contributed by atoms with Crippen LogP contribution >= 0.6 is 11.6 Å². The van der Waals surface area contributed by atoms with Crippen molar-refractivity contribution in [3.8, 4) is 17.2 Å². The molecule has 0 heterocycles. The second kappa shape index (κ2) is 8.25. The van der Waals surface area contributed by atoms with Crippen molar-refractivity contribution in [2.24, 2.45) is 10.9 Å². The Morgan fingerprint density at radius 2 is 1.60 bits per heavy atom. The summed E-state index contributed by atoms with van der Waals surface area (Å²) < 4.78 is 15.4. The molecule has 2 aromatic rings. The average molecular weight is 365 g/mol. The minimum Gasteiger partial charge on any atom is -0.496 e. The number of methoxy groups -OCH3 is 3. The predicted octanol–water partition coefficient (Wildman–Crippen LogP) is 2.84. The smallest absolute Gasteiger partial charge is 0.365 e. The summed E-state index contributed by atoms with van der Waals surface area (Å²) in [6, 6.07) is 9.43. The Morgan fingerprint density at radius 3 is 2.24 bits per heavy atom. The van der Waals surface area contributed by atoms with Crippen LogP contribution in [0.3, 0.4) is 0 Å². The lowest BCUT2D eigenvalue weighted by molar-refractivity contribution is 0.0515. The van der Waals surface area contributed by atoms with E-state index in [0.29, 0.717) is 27.8 Å². The Labute approximate surface area is 149 Å². The highest BCUT2D eigenvalue weighted by Crippen LogP contribution is 2.28. The molecule has 2 N–H and O–H groups in total. The zero-order valence-corrected chi connectivity index (χ0v) is 14.7. The molecule has 0 saturated heterocycles. The van der Waals surface area contributed by atoms with Gasteiger partial charge in [-0.3, -0.25) is 0 Å². The molecule has 0 spiro atoms. The highest BCUT2D eigenvalue weighted by molar-refractivity contribution is 6.31. The molecule has 0 amide bonds. The molecule has 2 rings (SSSR count). The second-order valence-electron chi connectivity index (χ2n) is 4.77. The number of halogens is 1. The van der Waals surface area contributed by atoms with Gasteiger partial charge in [0.2, 0.25) is 0 Å².